The summed E-state index contributed by atoms with van der Waals surface area (Å²) < 4.78 is 11.8. The minimum absolute atomic E-state index is 0.0999. The van der Waals surface area contributed by atoms with Crippen molar-refractivity contribution in [1.29, 1.82) is 0 Å². The molecule has 0 bridgehead atoms. The molecule has 0 heterocycles. The third-order valence-electron chi connectivity index (χ3n) is 4.82. The Morgan fingerprint density at radius 1 is 0.800 bits per heavy atom. The Balaban J connectivity index is 1.55. The van der Waals surface area contributed by atoms with Gasteiger partial charge in [0.15, 0.2) is 0 Å². The van der Waals surface area contributed by atoms with Crippen LogP contribution in [-0.2, 0) is 22.7 Å². The second-order valence-corrected chi connectivity index (χ2v) is 6.79. The summed E-state index contributed by atoms with van der Waals surface area (Å²) in [5.41, 5.74) is 2.11. The first-order valence-corrected chi connectivity index (χ1v) is 8.82. The largest absolute Gasteiger partial charge is 0.388 e. The average molecular weight is 342 g/mol. The van der Waals surface area contributed by atoms with Crippen LogP contribution >= 0.6 is 0 Å². The van der Waals surface area contributed by atoms with Gasteiger partial charge in [0.25, 0.3) is 0 Å². The predicted molar refractivity (Wildman–Crippen MR) is 95.8 cm³/mol. The fourth-order valence-electron chi connectivity index (χ4n) is 3.36. The van der Waals surface area contributed by atoms with E-state index >= 15 is 0 Å². The third-order valence-corrected chi connectivity index (χ3v) is 4.82. The second-order valence-electron chi connectivity index (χ2n) is 6.79. The molecule has 0 unspecified atom stereocenters. The Morgan fingerprint density at radius 2 is 1.32 bits per heavy atom. The molecule has 1 fully saturated rings. The number of hydrogen-bond donors (Lipinski definition) is 2. The van der Waals surface area contributed by atoms with Crippen LogP contribution in [0.5, 0.6) is 0 Å². The second kappa shape index (κ2) is 8.59. The molecule has 2 aromatic carbocycles. The maximum absolute atomic E-state index is 10.5. The van der Waals surface area contributed by atoms with Gasteiger partial charge in [0, 0.05) is 0 Å². The van der Waals surface area contributed by atoms with Crippen LogP contribution < -0.4 is 0 Å². The van der Waals surface area contributed by atoms with Crippen LogP contribution in [0.4, 0.5) is 0 Å². The number of rotatable bonds is 6. The van der Waals surface area contributed by atoms with Crippen LogP contribution in [0.25, 0.3) is 0 Å². The fraction of sp³-hybridized carbons (Fsp3) is 0.429. The SMILES string of the molecule is C[C@@H]1C[C@@H](OCc2ccccc2)[C@@H](O)[C@H](O)[C@@H]1OCc1ccccc1. The summed E-state index contributed by atoms with van der Waals surface area (Å²) in [4.78, 5) is 0. The lowest BCUT2D eigenvalue weighted by atomic mass is 9.81. The van der Waals surface area contributed by atoms with Gasteiger partial charge in [-0.2, -0.15) is 0 Å². The Labute approximate surface area is 149 Å². The quantitative estimate of drug-likeness (QED) is 0.847. The topological polar surface area (TPSA) is 58.9 Å². The van der Waals surface area contributed by atoms with Gasteiger partial charge in [0.05, 0.1) is 25.4 Å². The maximum atomic E-state index is 10.5. The summed E-state index contributed by atoms with van der Waals surface area (Å²) in [5, 5.41) is 20.9. The van der Waals surface area contributed by atoms with Gasteiger partial charge in [-0.15, -0.1) is 0 Å². The summed E-state index contributed by atoms with van der Waals surface area (Å²) in [6.45, 7) is 2.89. The normalized spacial score (nSPS) is 29.5. The molecule has 2 N–H and O–H groups in total. The highest BCUT2D eigenvalue weighted by Crippen LogP contribution is 2.30. The van der Waals surface area contributed by atoms with Crippen molar-refractivity contribution in [2.24, 2.45) is 5.92 Å². The Kier molecular flexibility index (Phi) is 6.21. The summed E-state index contributed by atoms with van der Waals surface area (Å²) >= 11 is 0. The smallest absolute Gasteiger partial charge is 0.109 e. The minimum Gasteiger partial charge on any atom is -0.388 e. The fourth-order valence-corrected chi connectivity index (χ4v) is 3.36. The molecular weight excluding hydrogens is 316 g/mol. The van der Waals surface area contributed by atoms with Crippen molar-refractivity contribution in [1.82, 2.24) is 0 Å². The molecule has 1 saturated carbocycles. The number of ether oxygens (including phenoxy) is 2. The molecule has 25 heavy (non-hydrogen) atoms. The Morgan fingerprint density at radius 3 is 1.88 bits per heavy atom. The predicted octanol–water partition coefficient (Wildman–Crippen LogP) is 2.92. The number of aliphatic hydroxyl groups excluding tert-OH is 2. The van der Waals surface area contributed by atoms with E-state index in [1.165, 1.54) is 0 Å². The standard InChI is InChI=1S/C21H26O4/c1-15-12-18(24-13-16-8-4-2-5-9-16)19(22)20(23)21(15)25-14-17-10-6-3-7-11-17/h2-11,15,18-23H,12-14H2,1H3/t15-,18-,19-,20+,21-/m1/s1. The van der Waals surface area contributed by atoms with E-state index in [1.54, 1.807) is 0 Å². The van der Waals surface area contributed by atoms with Gasteiger partial charge in [-0.25, -0.2) is 0 Å². The zero-order valence-electron chi connectivity index (χ0n) is 14.5. The first kappa shape index (κ1) is 18.1. The lowest BCUT2D eigenvalue weighted by Gasteiger charge is -2.41. The third kappa shape index (κ3) is 4.67. The van der Waals surface area contributed by atoms with Gasteiger partial charge in [0.1, 0.15) is 12.2 Å². The maximum Gasteiger partial charge on any atom is 0.109 e. The molecule has 3 rings (SSSR count). The molecule has 1 aliphatic carbocycles. The van der Waals surface area contributed by atoms with E-state index in [0.29, 0.717) is 19.6 Å². The van der Waals surface area contributed by atoms with E-state index in [1.807, 2.05) is 67.6 Å². The van der Waals surface area contributed by atoms with Gasteiger partial charge in [0.2, 0.25) is 0 Å². The number of hydrogen-bond acceptors (Lipinski definition) is 4. The van der Waals surface area contributed by atoms with Crippen LogP contribution in [0, 0.1) is 5.92 Å². The van der Waals surface area contributed by atoms with Crippen molar-refractivity contribution in [3.63, 3.8) is 0 Å². The van der Waals surface area contributed by atoms with E-state index in [-0.39, 0.29) is 12.0 Å². The molecule has 134 valence electrons. The van der Waals surface area contributed by atoms with Crippen molar-refractivity contribution < 1.29 is 19.7 Å². The van der Waals surface area contributed by atoms with Gasteiger partial charge in [-0.1, -0.05) is 67.6 Å². The summed E-state index contributed by atoms with van der Waals surface area (Å²) in [5.74, 6) is 0.0999. The zero-order chi connectivity index (χ0) is 17.6. The van der Waals surface area contributed by atoms with E-state index in [2.05, 4.69) is 0 Å². The number of benzene rings is 2. The highest BCUT2D eigenvalue weighted by Gasteiger charge is 2.42. The first-order chi connectivity index (χ1) is 12.1. The molecule has 2 aromatic rings. The minimum atomic E-state index is -0.951. The van der Waals surface area contributed by atoms with E-state index < -0.39 is 18.3 Å². The molecule has 0 saturated heterocycles. The summed E-state index contributed by atoms with van der Waals surface area (Å²) in [7, 11) is 0. The zero-order valence-corrected chi connectivity index (χ0v) is 14.5. The lowest BCUT2D eigenvalue weighted by molar-refractivity contribution is -0.190. The van der Waals surface area contributed by atoms with Crippen molar-refractivity contribution in [2.45, 2.75) is 51.0 Å². The lowest BCUT2D eigenvalue weighted by Crippen LogP contribution is -2.54. The van der Waals surface area contributed by atoms with Gasteiger partial charge < -0.3 is 19.7 Å². The van der Waals surface area contributed by atoms with Gasteiger partial charge in [-0.05, 0) is 23.5 Å². The summed E-state index contributed by atoms with van der Waals surface area (Å²) in [6, 6.07) is 19.7. The highest BCUT2D eigenvalue weighted by molar-refractivity contribution is 5.14. The molecule has 5 atom stereocenters. The van der Waals surface area contributed by atoms with Gasteiger partial charge in [-0.3, -0.25) is 0 Å². The van der Waals surface area contributed by atoms with Crippen molar-refractivity contribution >= 4 is 0 Å². The van der Waals surface area contributed by atoms with Crippen molar-refractivity contribution in [3.05, 3.63) is 71.8 Å². The highest BCUT2D eigenvalue weighted by atomic mass is 16.5. The molecule has 4 nitrogen and oxygen atoms in total. The monoisotopic (exact) mass is 342 g/mol. The molecule has 1 aliphatic rings. The van der Waals surface area contributed by atoms with Crippen molar-refractivity contribution in [3.8, 4) is 0 Å². The van der Waals surface area contributed by atoms with Crippen LogP contribution in [0.2, 0.25) is 0 Å². The molecule has 0 aliphatic heterocycles. The van der Waals surface area contributed by atoms with Gasteiger partial charge >= 0.3 is 0 Å². The Bertz CT molecular complexity index is 631. The molecule has 0 spiro atoms. The summed E-state index contributed by atoms with van der Waals surface area (Å²) in [6.07, 6.45) is -2.02. The molecule has 0 radical (unpaired) electrons. The number of aliphatic hydroxyl groups is 2. The van der Waals surface area contributed by atoms with Crippen LogP contribution in [0.15, 0.2) is 60.7 Å². The van der Waals surface area contributed by atoms with Crippen molar-refractivity contribution in [2.75, 3.05) is 0 Å². The Hall–Kier alpha value is -1.72. The van der Waals surface area contributed by atoms with E-state index in [0.717, 1.165) is 11.1 Å². The van der Waals surface area contributed by atoms with Crippen LogP contribution in [-0.4, -0.2) is 34.6 Å². The molecule has 0 aromatic heterocycles. The van der Waals surface area contributed by atoms with E-state index in [9.17, 15) is 10.2 Å². The average Bonchev–Trinajstić information content (AvgIpc) is 2.65. The molecule has 0 amide bonds. The molecular formula is C21H26O4. The molecule has 4 heteroatoms. The van der Waals surface area contributed by atoms with Crippen LogP contribution in [0.3, 0.4) is 0 Å². The van der Waals surface area contributed by atoms with E-state index in [4.69, 9.17) is 9.47 Å². The van der Waals surface area contributed by atoms with Crippen LogP contribution in [0.1, 0.15) is 24.5 Å². The first-order valence-electron chi connectivity index (χ1n) is 8.82.